The third kappa shape index (κ3) is 4.30. The van der Waals surface area contributed by atoms with Crippen molar-refractivity contribution in [2.75, 3.05) is 5.43 Å². The van der Waals surface area contributed by atoms with E-state index < -0.39 is 26.6 Å². The van der Waals surface area contributed by atoms with Crippen molar-refractivity contribution in [2.45, 2.75) is 18.7 Å². The lowest BCUT2D eigenvalue weighted by molar-refractivity contribution is -0.110. The van der Waals surface area contributed by atoms with E-state index in [1.165, 1.54) is 36.4 Å². The monoisotopic (exact) mass is 360 g/mol. The van der Waals surface area contributed by atoms with E-state index in [0.717, 1.165) is 12.5 Å². The molecule has 2 aromatic carbocycles. The number of nitrogens with one attached hydrogen (secondary N) is 1. The van der Waals surface area contributed by atoms with Gasteiger partial charge in [-0.2, -0.15) is 5.10 Å². The summed E-state index contributed by atoms with van der Waals surface area (Å²) in [5, 5.41) is 11.9. The summed E-state index contributed by atoms with van der Waals surface area (Å²) >= 11 is 0. The third-order valence-corrected chi connectivity index (χ3v) is 5.09. The molecule has 0 bridgehead atoms. The van der Waals surface area contributed by atoms with Crippen LogP contribution in [0, 0.1) is 6.92 Å². The highest BCUT2D eigenvalue weighted by molar-refractivity contribution is 8.08. The smallest absolute Gasteiger partial charge is 0.335 e. The minimum Gasteiger partial charge on any atom is -0.478 e. The van der Waals surface area contributed by atoms with Crippen molar-refractivity contribution < 1.29 is 23.1 Å². The molecule has 0 unspecified atom stereocenters. The number of aryl methyl sites for hydroxylation is 1. The first-order valence-corrected chi connectivity index (χ1v) is 8.70. The summed E-state index contributed by atoms with van der Waals surface area (Å²) in [6, 6.07) is 11.6. The number of sulfone groups is 1. The molecule has 2 rings (SSSR count). The van der Waals surface area contributed by atoms with Crippen molar-refractivity contribution in [1.82, 2.24) is 0 Å². The van der Waals surface area contributed by atoms with Gasteiger partial charge in [-0.1, -0.05) is 17.7 Å². The molecule has 25 heavy (non-hydrogen) atoms. The SMILES string of the molecule is CC(=O)C(=NNc1ccc(C(=O)O)cc1)S(=O)(=O)c1ccc(C)cc1. The molecule has 0 aliphatic carbocycles. The second-order valence-corrected chi connectivity index (χ2v) is 7.15. The summed E-state index contributed by atoms with van der Waals surface area (Å²) in [7, 11) is -4.06. The number of hydrogen-bond acceptors (Lipinski definition) is 6. The van der Waals surface area contributed by atoms with E-state index in [1.807, 2.05) is 6.92 Å². The molecule has 2 aromatic rings. The lowest BCUT2D eigenvalue weighted by atomic mass is 10.2. The van der Waals surface area contributed by atoms with Crippen molar-refractivity contribution in [3.63, 3.8) is 0 Å². The fourth-order valence-corrected chi connectivity index (χ4v) is 3.22. The van der Waals surface area contributed by atoms with Gasteiger partial charge in [-0.15, -0.1) is 0 Å². The first-order chi connectivity index (χ1) is 11.7. The Balaban J connectivity index is 2.33. The molecule has 7 nitrogen and oxygen atoms in total. The van der Waals surface area contributed by atoms with E-state index in [4.69, 9.17) is 5.11 Å². The molecular weight excluding hydrogens is 344 g/mol. The molecule has 0 aliphatic heterocycles. The van der Waals surface area contributed by atoms with E-state index >= 15 is 0 Å². The zero-order chi connectivity index (χ0) is 18.6. The number of carbonyl (C=O) groups excluding carboxylic acids is 1. The number of anilines is 1. The highest BCUT2D eigenvalue weighted by Crippen LogP contribution is 2.16. The van der Waals surface area contributed by atoms with Crippen LogP contribution in [0.2, 0.25) is 0 Å². The number of Topliss-reactive ketones (excluding diaryl/α,β-unsaturated/α-hetero) is 1. The molecule has 0 aromatic heterocycles. The average Bonchev–Trinajstić information content (AvgIpc) is 2.55. The number of hydrazone groups is 1. The summed E-state index contributed by atoms with van der Waals surface area (Å²) in [5.74, 6) is -1.79. The van der Waals surface area contributed by atoms with Crippen LogP contribution in [-0.4, -0.2) is 30.3 Å². The number of nitrogens with zero attached hydrogens (tertiary/aromatic N) is 1. The number of aromatic carboxylic acids is 1. The van der Waals surface area contributed by atoms with Crippen molar-refractivity contribution in [3.05, 3.63) is 59.7 Å². The van der Waals surface area contributed by atoms with Gasteiger partial charge in [0.15, 0.2) is 5.78 Å². The predicted molar refractivity (Wildman–Crippen MR) is 93.5 cm³/mol. The Bertz CT molecular complexity index is 930. The highest BCUT2D eigenvalue weighted by atomic mass is 32.2. The molecule has 0 heterocycles. The number of rotatable bonds is 5. The van der Waals surface area contributed by atoms with Crippen LogP contribution in [-0.2, 0) is 14.6 Å². The molecule has 0 amide bonds. The van der Waals surface area contributed by atoms with Crippen LogP contribution in [0.4, 0.5) is 5.69 Å². The minimum atomic E-state index is -4.06. The van der Waals surface area contributed by atoms with E-state index in [-0.39, 0.29) is 10.5 Å². The normalized spacial score (nSPS) is 11.8. The largest absolute Gasteiger partial charge is 0.478 e. The minimum absolute atomic E-state index is 0.0323. The molecule has 0 spiro atoms. The van der Waals surface area contributed by atoms with Gasteiger partial charge >= 0.3 is 5.97 Å². The quantitative estimate of drug-likeness (QED) is 0.481. The van der Waals surface area contributed by atoms with Crippen LogP contribution in [0.3, 0.4) is 0 Å². The van der Waals surface area contributed by atoms with Crippen molar-refractivity contribution in [2.24, 2.45) is 5.10 Å². The highest BCUT2D eigenvalue weighted by Gasteiger charge is 2.26. The molecule has 0 saturated heterocycles. The number of carbonyl (C=O) groups is 2. The van der Waals surface area contributed by atoms with Crippen LogP contribution in [0.25, 0.3) is 0 Å². The van der Waals surface area contributed by atoms with Crippen LogP contribution < -0.4 is 5.43 Å². The van der Waals surface area contributed by atoms with E-state index in [0.29, 0.717) is 5.69 Å². The Morgan fingerprint density at radius 2 is 1.56 bits per heavy atom. The van der Waals surface area contributed by atoms with Crippen LogP contribution >= 0.6 is 0 Å². The van der Waals surface area contributed by atoms with Gasteiger partial charge in [0, 0.05) is 6.92 Å². The number of benzene rings is 2. The number of carboxylic acids is 1. The topological polar surface area (TPSA) is 113 Å². The van der Waals surface area contributed by atoms with Gasteiger partial charge in [-0.3, -0.25) is 10.2 Å². The Labute approximate surface area is 144 Å². The van der Waals surface area contributed by atoms with E-state index in [1.54, 1.807) is 12.1 Å². The Kier molecular flexibility index (Phi) is 5.33. The second kappa shape index (κ2) is 7.27. The fraction of sp³-hybridized carbons (Fsp3) is 0.118. The lowest BCUT2D eigenvalue weighted by Gasteiger charge is -2.07. The Morgan fingerprint density at radius 1 is 1.00 bits per heavy atom. The second-order valence-electron chi connectivity index (χ2n) is 5.28. The summed E-state index contributed by atoms with van der Waals surface area (Å²) in [6.07, 6.45) is 0. The zero-order valence-corrected chi connectivity index (χ0v) is 14.4. The van der Waals surface area contributed by atoms with Gasteiger partial charge in [0.25, 0.3) is 0 Å². The Morgan fingerprint density at radius 3 is 2.04 bits per heavy atom. The summed E-state index contributed by atoms with van der Waals surface area (Å²) in [6.45, 7) is 2.93. The van der Waals surface area contributed by atoms with Gasteiger partial charge in [0.2, 0.25) is 14.9 Å². The third-order valence-electron chi connectivity index (χ3n) is 3.31. The van der Waals surface area contributed by atoms with Crippen LogP contribution in [0.1, 0.15) is 22.8 Å². The zero-order valence-electron chi connectivity index (χ0n) is 13.6. The molecule has 0 saturated carbocycles. The summed E-state index contributed by atoms with van der Waals surface area (Å²) < 4.78 is 25.2. The van der Waals surface area contributed by atoms with Gasteiger partial charge in [-0.05, 0) is 43.3 Å². The van der Waals surface area contributed by atoms with Crippen molar-refractivity contribution in [1.29, 1.82) is 0 Å². The molecule has 130 valence electrons. The molecule has 0 radical (unpaired) electrons. The molecule has 0 aliphatic rings. The van der Waals surface area contributed by atoms with E-state index in [2.05, 4.69) is 10.5 Å². The maximum atomic E-state index is 12.6. The van der Waals surface area contributed by atoms with Crippen molar-refractivity contribution in [3.8, 4) is 0 Å². The van der Waals surface area contributed by atoms with Gasteiger partial charge < -0.3 is 5.11 Å². The Hall–Kier alpha value is -3.00. The first kappa shape index (κ1) is 18.3. The predicted octanol–water partition coefficient (Wildman–Crippen LogP) is 2.48. The summed E-state index contributed by atoms with van der Waals surface area (Å²) in [4.78, 5) is 22.5. The molecular formula is C17H16N2O5S. The fourth-order valence-electron chi connectivity index (χ4n) is 1.96. The maximum Gasteiger partial charge on any atom is 0.335 e. The standard InChI is InChI=1S/C17H16N2O5S/c1-11-3-9-15(10-4-11)25(23,24)16(12(2)20)19-18-14-7-5-13(6-8-14)17(21)22/h3-10,18H,1-2H3,(H,21,22). The first-order valence-electron chi connectivity index (χ1n) is 7.21. The lowest BCUT2D eigenvalue weighted by Crippen LogP contribution is -2.24. The molecule has 0 fully saturated rings. The van der Waals surface area contributed by atoms with E-state index in [9.17, 15) is 18.0 Å². The number of ketones is 1. The number of hydrogen-bond donors (Lipinski definition) is 2. The van der Waals surface area contributed by atoms with Gasteiger partial charge in [-0.25, -0.2) is 13.2 Å². The average molecular weight is 360 g/mol. The molecule has 2 N–H and O–H groups in total. The van der Waals surface area contributed by atoms with Crippen molar-refractivity contribution >= 4 is 32.3 Å². The maximum absolute atomic E-state index is 12.6. The van der Waals surface area contributed by atoms with Crippen LogP contribution in [0.15, 0.2) is 58.5 Å². The molecule has 8 heteroatoms. The molecule has 0 atom stereocenters. The summed E-state index contributed by atoms with van der Waals surface area (Å²) in [5.41, 5.74) is 3.79. The van der Waals surface area contributed by atoms with Gasteiger partial charge in [0.1, 0.15) is 0 Å². The van der Waals surface area contributed by atoms with Crippen LogP contribution in [0.5, 0.6) is 0 Å². The number of carboxylic acid groups (broad SMARTS) is 1. The van der Waals surface area contributed by atoms with Gasteiger partial charge in [0.05, 0.1) is 16.1 Å².